The van der Waals surface area contributed by atoms with E-state index < -0.39 is 0 Å². The average molecular weight is 450 g/mol. The van der Waals surface area contributed by atoms with Gasteiger partial charge in [-0.05, 0) is 83.0 Å². The summed E-state index contributed by atoms with van der Waals surface area (Å²) >= 11 is 0. The molecule has 2 aliphatic heterocycles. The summed E-state index contributed by atoms with van der Waals surface area (Å²) in [7, 11) is 0. The van der Waals surface area contributed by atoms with Gasteiger partial charge in [0.25, 0.3) is 0 Å². The number of aryl methyl sites for hydroxylation is 1. The summed E-state index contributed by atoms with van der Waals surface area (Å²) in [5.74, 6) is 2.40. The molecule has 5 rings (SSSR count). The maximum atomic E-state index is 12.3. The van der Waals surface area contributed by atoms with Gasteiger partial charge >= 0.3 is 0 Å². The normalized spacial score (nSPS) is 24.2. The number of hydrogen-bond acceptors (Lipinski definition) is 5. The lowest BCUT2D eigenvalue weighted by molar-refractivity contribution is -0.121. The molecule has 1 saturated heterocycles. The topological polar surface area (TPSA) is 71.5 Å². The zero-order valence-electron chi connectivity index (χ0n) is 19.6. The molecule has 1 atom stereocenters. The number of aromatic nitrogens is 1. The first-order valence-electron chi connectivity index (χ1n) is 12.6. The van der Waals surface area contributed by atoms with Gasteiger partial charge in [0, 0.05) is 29.3 Å². The van der Waals surface area contributed by atoms with Crippen molar-refractivity contribution in [3.05, 3.63) is 53.6 Å². The SMILES string of the molecule is Cc1cc(CC(=O)N[C@H]2CC[C@H](CCN3CCCCC3c3coc4cccc-4c3)CC2)on1. The number of fused-ring (bicyclic) bond motifs is 1. The largest absolute Gasteiger partial charge is 0.464 e. The number of nitrogens with one attached hydrogen (secondary N) is 1. The minimum Gasteiger partial charge on any atom is -0.464 e. The van der Waals surface area contributed by atoms with Crippen LogP contribution in [0.1, 0.15) is 74.4 Å². The van der Waals surface area contributed by atoms with Crippen LogP contribution >= 0.6 is 0 Å². The van der Waals surface area contributed by atoms with E-state index in [-0.39, 0.29) is 12.3 Å². The smallest absolute Gasteiger partial charge is 0.227 e. The molecule has 2 fully saturated rings. The number of carbonyl (C=O) groups excluding carboxylic acids is 1. The second kappa shape index (κ2) is 10.1. The highest BCUT2D eigenvalue weighted by molar-refractivity contribution is 5.78. The second-order valence-corrected chi connectivity index (χ2v) is 9.96. The number of likely N-dealkylation sites (tertiary alicyclic amines) is 1. The minimum atomic E-state index is 0.0398. The maximum Gasteiger partial charge on any atom is 0.227 e. The van der Waals surface area contributed by atoms with E-state index in [1.807, 2.05) is 25.3 Å². The second-order valence-electron chi connectivity index (χ2n) is 9.96. The fourth-order valence-corrected chi connectivity index (χ4v) is 5.68. The Balaban J connectivity index is 1.09. The quantitative estimate of drug-likeness (QED) is 0.514. The fraction of sp³-hybridized carbons (Fsp3) is 0.556. The Bertz CT molecular complexity index is 1020. The highest BCUT2D eigenvalue weighted by Crippen LogP contribution is 2.36. The molecule has 4 aliphatic rings. The summed E-state index contributed by atoms with van der Waals surface area (Å²) in [6, 6.07) is 11.1. The fourth-order valence-electron chi connectivity index (χ4n) is 5.68. The van der Waals surface area contributed by atoms with Crippen molar-refractivity contribution in [3.63, 3.8) is 0 Å². The summed E-state index contributed by atoms with van der Waals surface area (Å²) in [4.78, 5) is 15.0. The van der Waals surface area contributed by atoms with Crippen molar-refractivity contribution < 1.29 is 13.7 Å². The third kappa shape index (κ3) is 5.49. The molecule has 1 aromatic heterocycles. The Kier molecular flexibility index (Phi) is 6.81. The van der Waals surface area contributed by atoms with E-state index in [0.29, 0.717) is 17.8 Å². The first-order valence-corrected chi connectivity index (χ1v) is 12.6. The number of piperidine rings is 1. The Morgan fingerprint density at radius 2 is 2.03 bits per heavy atom. The van der Waals surface area contributed by atoms with Crippen molar-refractivity contribution in [2.45, 2.75) is 76.8 Å². The highest BCUT2D eigenvalue weighted by atomic mass is 16.5. The first kappa shape index (κ1) is 22.2. The molecule has 6 nitrogen and oxygen atoms in total. The highest BCUT2D eigenvalue weighted by Gasteiger charge is 2.28. The van der Waals surface area contributed by atoms with Gasteiger partial charge in [-0.2, -0.15) is 0 Å². The van der Waals surface area contributed by atoms with Gasteiger partial charge in [0.2, 0.25) is 5.91 Å². The molecule has 1 unspecified atom stereocenters. The van der Waals surface area contributed by atoms with Crippen LogP contribution in [-0.2, 0) is 11.2 Å². The van der Waals surface area contributed by atoms with Crippen LogP contribution in [0.2, 0.25) is 0 Å². The van der Waals surface area contributed by atoms with Crippen LogP contribution < -0.4 is 5.32 Å². The van der Waals surface area contributed by atoms with E-state index >= 15 is 0 Å². The van der Waals surface area contributed by atoms with Crippen LogP contribution in [0.4, 0.5) is 0 Å². The zero-order chi connectivity index (χ0) is 22.6. The lowest BCUT2D eigenvalue weighted by atomic mass is 9.83. The van der Waals surface area contributed by atoms with E-state index in [0.717, 1.165) is 36.8 Å². The number of nitrogens with zero attached hydrogens (tertiary/aromatic N) is 2. The molecule has 0 aromatic carbocycles. The molecule has 0 bridgehead atoms. The van der Waals surface area contributed by atoms with E-state index in [1.165, 1.54) is 56.2 Å². The minimum absolute atomic E-state index is 0.0398. The Hall–Kier alpha value is -2.60. The van der Waals surface area contributed by atoms with Gasteiger partial charge in [-0.3, -0.25) is 9.69 Å². The number of carbonyl (C=O) groups is 1. The molecule has 3 heterocycles. The predicted molar refractivity (Wildman–Crippen MR) is 127 cm³/mol. The van der Waals surface area contributed by atoms with Gasteiger partial charge < -0.3 is 14.3 Å². The Labute approximate surface area is 196 Å². The Morgan fingerprint density at radius 1 is 1.15 bits per heavy atom. The van der Waals surface area contributed by atoms with Crippen molar-refractivity contribution in [1.29, 1.82) is 0 Å². The third-order valence-electron chi connectivity index (χ3n) is 7.50. The van der Waals surface area contributed by atoms with Crippen LogP contribution in [-0.4, -0.2) is 35.1 Å². The molecule has 6 heteroatoms. The monoisotopic (exact) mass is 449 g/mol. The van der Waals surface area contributed by atoms with Crippen molar-refractivity contribution in [3.8, 4) is 11.3 Å². The first-order chi connectivity index (χ1) is 16.1. The lowest BCUT2D eigenvalue weighted by Crippen LogP contribution is -2.39. The van der Waals surface area contributed by atoms with Crippen LogP contribution in [0.5, 0.6) is 0 Å². The van der Waals surface area contributed by atoms with Gasteiger partial charge in [-0.15, -0.1) is 0 Å². The van der Waals surface area contributed by atoms with E-state index in [1.54, 1.807) is 0 Å². The van der Waals surface area contributed by atoms with Crippen LogP contribution in [0.25, 0.3) is 11.3 Å². The average Bonchev–Trinajstić information content (AvgIpc) is 3.46. The summed E-state index contributed by atoms with van der Waals surface area (Å²) in [6.07, 6.45) is 11.8. The van der Waals surface area contributed by atoms with Crippen LogP contribution in [0.3, 0.4) is 0 Å². The molecular formula is C27H35N3O3. The Morgan fingerprint density at radius 3 is 2.85 bits per heavy atom. The van der Waals surface area contributed by atoms with Gasteiger partial charge in [0.15, 0.2) is 0 Å². The molecule has 1 saturated carbocycles. The van der Waals surface area contributed by atoms with Gasteiger partial charge in [0.1, 0.15) is 11.5 Å². The molecule has 0 radical (unpaired) electrons. The maximum absolute atomic E-state index is 12.3. The van der Waals surface area contributed by atoms with Gasteiger partial charge in [0.05, 0.1) is 18.4 Å². The molecule has 0 spiro atoms. The molecule has 1 aromatic rings. The van der Waals surface area contributed by atoms with Crippen molar-refractivity contribution in [1.82, 2.24) is 15.4 Å². The zero-order valence-corrected chi connectivity index (χ0v) is 19.6. The number of hydrogen-bond donors (Lipinski definition) is 1. The van der Waals surface area contributed by atoms with Crippen molar-refractivity contribution in [2.24, 2.45) is 5.92 Å². The lowest BCUT2D eigenvalue weighted by Gasteiger charge is -2.37. The molecular weight excluding hydrogens is 414 g/mol. The third-order valence-corrected chi connectivity index (χ3v) is 7.50. The molecule has 1 N–H and O–H groups in total. The molecule has 1 amide bonds. The van der Waals surface area contributed by atoms with Crippen LogP contribution in [0, 0.1) is 12.8 Å². The van der Waals surface area contributed by atoms with Gasteiger partial charge in [-0.1, -0.05) is 23.7 Å². The molecule has 2 aliphatic carbocycles. The van der Waals surface area contributed by atoms with Crippen LogP contribution in [0.15, 0.2) is 45.5 Å². The summed E-state index contributed by atoms with van der Waals surface area (Å²) in [5, 5.41) is 7.05. The van der Waals surface area contributed by atoms with Crippen molar-refractivity contribution >= 4 is 5.91 Å². The summed E-state index contributed by atoms with van der Waals surface area (Å²) in [6.45, 7) is 4.20. The standard InChI is InChI=1S/C27H35N3O3/c1-19-15-24(33-29-19)17-27(31)28-23-10-8-20(9-11-23)12-14-30-13-3-2-6-25(30)22-16-21-5-4-7-26(21)32-18-22/h4-5,7,15-16,18,20,23,25H,2-3,6,8-14,17H2,1H3,(H,28,31)/t20-,23-,25?. The van der Waals surface area contributed by atoms with Gasteiger partial charge in [-0.25, -0.2) is 0 Å². The number of rotatable bonds is 7. The predicted octanol–water partition coefficient (Wildman–Crippen LogP) is 5.52. The molecule has 33 heavy (non-hydrogen) atoms. The van der Waals surface area contributed by atoms with E-state index in [9.17, 15) is 4.79 Å². The van der Waals surface area contributed by atoms with E-state index in [2.05, 4.69) is 33.6 Å². The number of amides is 1. The van der Waals surface area contributed by atoms with Crippen molar-refractivity contribution in [2.75, 3.05) is 13.1 Å². The summed E-state index contributed by atoms with van der Waals surface area (Å²) in [5.41, 5.74) is 3.34. The summed E-state index contributed by atoms with van der Waals surface area (Å²) < 4.78 is 11.1. The molecule has 176 valence electrons. The van der Waals surface area contributed by atoms with E-state index in [4.69, 9.17) is 8.94 Å².